The second-order valence-electron chi connectivity index (χ2n) is 8.21. The van der Waals surface area contributed by atoms with Crippen molar-refractivity contribution < 1.29 is 5.11 Å². The van der Waals surface area contributed by atoms with E-state index in [0.717, 1.165) is 31.0 Å². The second kappa shape index (κ2) is 6.92. The van der Waals surface area contributed by atoms with Gasteiger partial charge in [0.25, 0.3) is 0 Å². The minimum atomic E-state index is -0.513. The molecule has 1 aromatic carbocycles. The van der Waals surface area contributed by atoms with Crippen LogP contribution in [0.25, 0.3) is 0 Å². The van der Waals surface area contributed by atoms with E-state index in [1.807, 2.05) is 12.1 Å². The molecule has 2 aliphatic rings. The van der Waals surface area contributed by atoms with E-state index in [0.29, 0.717) is 12.0 Å². The Kier molecular flexibility index (Phi) is 5.73. The molecule has 2 fully saturated rings. The van der Waals surface area contributed by atoms with E-state index in [1.165, 1.54) is 18.4 Å². The molecule has 0 aliphatic carbocycles. The van der Waals surface area contributed by atoms with Crippen molar-refractivity contribution in [1.29, 1.82) is 0 Å². The summed E-state index contributed by atoms with van der Waals surface area (Å²) in [4.78, 5) is 2.60. The molecule has 130 valence electrons. The fourth-order valence-corrected chi connectivity index (χ4v) is 4.24. The molecule has 2 nitrogen and oxygen atoms in total. The van der Waals surface area contributed by atoms with Gasteiger partial charge in [0.15, 0.2) is 0 Å². The van der Waals surface area contributed by atoms with Gasteiger partial charge in [-0.1, -0.05) is 44.5 Å². The number of hydrogen-bond donors (Lipinski definition) is 1. The molecule has 2 saturated heterocycles. The number of piperidine rings is 2. The maximum absolute atomic E-state index is 11.0. The summed E-state index contributed by atoms with van der Waals surface area (Å²) >= 11 is 6.00. The molecule has 0 bridgehead atoms. The highest BCUT2D eigenvalue weighted by molar-refractivity contribution is 6.30. The van der Waals surface area contributed by atoms with Gasteiger partial charge in [0, 0.05) is 24.2 Å². The van der Waals surface area contributed by atoms with Gasteiger partial charge in [-0.05, 0) is 54.7 Å². The summed E-state index contributed by atoms with van der Waals surface area (Å²) in [6, 6.07) is 8.88. The van der Waals surface area contributed by atoms with Crippen LogP contribution in [0.3, 0.4) is 0 Å². The monoisotopic (exact) mass is 357 g/mol. The van der Waals surface area contributed by atoms with E-state index in [1.54, 1.807) is 0 Å². The Hall–Kier alpha value is -0.280. The minimum Gasteiger partial charge on any atom is -0.389 e. The van der Waals surface area contributed by atoms with Crippen LogP contribution in [0.15, 0.2) is 24.3 Å². The Balaban J connectivity index is 0.00000192. The van der Waals surface area contributed by atoms with Gasteiger partial charge in [0.05, 0.1) is 5.60 Å². The smallest absolute Gasteiger partial charge is 0.0722 e. The van der Waals surface area contributed by atoms with Gasteiger partial charge in [-0.25, -0.2) is 0 Å². The number of hydrogen-bond acceptors (Lipinski definition) is 2. The van der Waals surface area contributed by atoms with Gasteiger partial charge in [0.1, 0.15) is 0 Å². The third-order valence-electron chi connectivity index (χ3n) is 5.94. The lowest BCUT2D eigenvalue weighted by Gasteiger charge is -2.52. The van der Waals surface area contributed by atoms with Crippen LogP contribution in [-0.2, 0) is 0 Å². The summed E-state index contributed by atoms with van der Waals surface area (Å²) in [5.74, 6) is 0.606. The molecule has 3 rings (SSSR count). The van der Waals surface area contributed by atoms with Crippen LogP contribution in [0, 0.1) is 5.41 Å². The SMILES string of the molecule is CC(C)(C)[C@]1(O)CCN2C[C@@H](c3ccc(Cl)cc3)CC[C@@H]2C1.Cl. The topological polar surface area (TPSA) is 23.5 Å². The van der Waals surface area contributed by atoms with Crippen molar-refractivity contribution in [1.82, 2.24) is 4.90 Å². The summed E-state index contributed by atoms with van der Waals surface area (Å²) < 4.78 is 0. The molecule has 0 aromatic heterocycles. The molecule has 0 unspecified atom stereocenters. The first-order valence-corrected chi connectivity index (χ1v) is 8.88. The van der Waals surface area contributed by atoms with Gasteiger partial charge in [-0.2, -0.15) is 0 Å². The van der Waals surface area contributed by atoms with Crippen LogP contribution in [0.4, 0.5) is 0 Å². The van der Waals surface area contributed by atoms with Gasteiger partial charge >= 0.3 is 0 Å². The molecule has 23 heavy (non-hydrogen) atoms. The van der Waals surface area contributed by atoms with Crippen LogP contribution in [0.1, 0.15) is 57.9 Å². The molecular formula is C19H29Cl2NO. The highest BCUT2D eigenvalue weighted by Crippen LogP contribution is 2.44. The average molecular weight is 358 g/mol. The predicted octanol–water partition coefficient (Wildman–Crippen LogP) is 4.88. The normalized spacial score (nSPS) is 32.0. The summed E-state index contributed by atoms with van der Waals surface area (Å²) in [5.41, 5.74) is 0.854. The molecule has 0 spiro atoms. The van der Waals surface area contributed by atoms with Gasteiger partial charge in [-0.15, -0.1) is 12.4 Å². The summed E-state index contributed by atoms with van der Waals surface area (Å²) in [7, 11) is 0. The first-order chi connectivity index (χ1) is 10.3. The molecule has 2 aliphatic heterocycles. The van der Waals surface area contributed by atoms with Crippen LogP contribution < -0.4 is 0 Å². The summed E-state index contributed by atoms with van der Waals surface area (Å²) in [5, 5.41) is 11.8. The van der Waals surface area contributed by atoms with Crippen molar-refractivity contribution in [3.05, 3.63) is 34.9 Å². The predicted molar refractivity (Wildman–Crippen MR) is 99.7 cm³/mol. The number of fused-ring (bicyclic) bond motifs is 1. The number of aliphatic hydroxyl groups is 1. The lowest BCUT2D eigenvalue weighted by atomic mass is 9.67. The van der Waals surface area contributed by atoms with Gasteiger partial charge in [0.2, 0.25) is 0 Å². The molecule has 4 heteroatoms. The lowest BCUT2D eigenvalue weighted by Crippen LogP contribution is -2.57. The van der Waals surface area contributed by atoms with Crippen molar-refractivity contribution in [2.45, 2.75) is 64.0 Å². The number of nitrogens with zero attached hydrogens (tertiary/aromatic N) is 1. The lowest BCUT2D eigenvalue weighted by molar-refractivity contribution is -0.122. The van der Waals surface area contributed by atoms with Crippen molar-refractivity contribution in [2.24, 2.45) is 5.41 Å². The van der Waals surface area contributed by atoms with Crippen molar-refractivity contribution in [2.75, 3.05) is 13.1 Å². The highest BCUT2D eigenvalue weighted by Gasteiger charge is 2.47. The maximum atomic E-state index is 11.0. The van der Waals surface area contributed by atoms with E-state index in [4.69, 9.17) is 11.6 Å². The molecule has 0 saturated carbocycles. The van der Waals surface area contributed by atoms with Crippen molar-refractivity contribution >= 4 is 24.0 Å². The van der Waals surface area contributed by atoms with Crippen molar-refractivity contribution in [3.8, 4) is 0 Å². The summed E-state index contributed by atoms with van der Waals surface area (Å²) in [6.45, 7) is 8.64. The molecule has 3 atom stereocenters. The Morgan fingerprint density at radius 1 is 1.17 bits per heavy atom. The Morgan fingerprint density at radius 3 is 2.43 bits per heavy atom. The molecule has 0 radical (unpaired) electrons. The zero-order chi connectivity index (χ0) is 16.0. The fraction of sp³-hybridized carbons (Fsp3) is 0.684. The molecular weight excluding hydrogens is 329 g/mol. The second-order valence-corrected chi connectivity index (χ2v) is 8.65. The van der Waals surface area contributed by atoms with Crippen molar-refractivity contribution in [3.63, 3.8) is 0 Å². The maximum Gasteiger partial charge on any atom is 0.0722 e. The summed E-state index contributed by atoms with van der Waals surface area (Å²) in [6.07, 6.45) is 4.21. The van der Waals surface area contributed by atoms with E-state index in [-0.39, 0.29) is 17.8 Å². The fourth-order valence-electron chi connectivity index (χ4n) is 4.11. The standard InChI is InChI=1S/C19H28ClNO.ClH/c1-18(2,3)19(22)10-11-21-13-15(6-9-17(21)12-19)14-4-7-16(20)8-5-14;/h4-5,7-8,15,17,22H,6,9-13H2,1-3H3;1H/t15-,17+,19-;/m0./s1. The molecule has 1 N–H and O–H groups in total. The van der Waals surface area contributed by atoms with Crippen LogP contribution in [-0.4, -0.2) is 34.7 Å². The van der Waals surface area contributed by atoms with E-state index in [9.17, 15) is 5.11 Å². The minimum absolute atomic E-state index is 0. The average Bonchev–Trinajstić information content (AvgIpc) is 2.46. The van der Waals surface area contributed by atoms with E-state index in [2.05, 4.69) is 37.8 Å². The zero-order valence-corrected chi connectivity index (χ0v) is 16.0. The van der Waals surface area contributed by atoms with E-state index < -0.39 is 5.60 Å². The first-order valence-electron chi connectivity index (χ1n) is 8.50. The quantitative estimate of drug-likeness (QED) is 0.773. The largest absolute Gasteiger partial charge is 0.389 e. The number of rotatable bonds is 1. The number of benzene rings is 1. The third-order valence-corrected chi connectivity index (χ3v) is 6.20. The first kappa shape index (κ1) is 19.1. The highest BCUT2D eigenvalue weighted by atomic mass is 35.5. The number of halogens is 2. The Bertz CT molecular complexity index is 525. The van der Waals surface area contributed by atoms with Gasteiger partial charge < -0.3 is 5.11 Å². The van der Waals surface area contributed by atoms with Crippen LogP contribution in [0.5, 0.6) is 0 Å². The molecule has 2 heterocycles. The molecule has 1 aromatic rings. The zero-order valence-electron chi connectivity index (χ0n) is 14.4. The van der Waals surface area contributed by atoms with Crippen LogP contribution >= 0.6 is 24.0 Å². The van der Waals surface area contributed by atoms with Crippen LogP contribution in [0.2, 0.25) is 5.02 Å². The molecule has 0 amide bonds. The van der Waals surface area contributed by atoms with Gasteiger partial charge in [-0.3, -0.25) is 4.90 Å². The Labute approximate surface area is 151 Å². The van der Waals surface area contributed by atoms with E-state index >= 15 is 0 Å². The third kappa shape index (κ3) is 3.87. The Morgan fingerprint density at radius 2 is 1.83 bits per heavy atom.